The van der Waals surface area contributed by atoms with Gasteiger partial charge in [-0.2, -0.15) is 5.26 Å². The minimum Gasteiger partial charge on any atom is -0.372 e. The summed E-state index contributed by atoms with van der Waals surface area (Å²) in [6, 6.07) is 13.5. The maximum Gasteiger partial charge on any atom is 0.275 e. The molecule has 1 fully saturated rings. The molecule has 0 aromatic heterocycles. The van der Waals surface area contributed by atoms with Gasteiger partial charge < -0.3 is 10.2 Å². The van der Waals surface area contributed by atoms with Gasteiger partial charge in [-0.1, -0.05) is 18.2 Å². The van der Waals surface area contributed by atoms with E-state index in [1.807, 2.05) is 36.4 Å². The number of hydrogen-bond acceptors (Lipinski definition) is 5. The minimum absolute atomic E-state index is 0.106. The molecule has 0 spiro atoms. The van der Waals surface area contributed by atoms with E-state index in [2.05, 4.69) is 5.32 Å². The van der Waals surface area contributed by atoms with Gasteiger partial charge in [0.2, 0.25) is 0 Å². The predicted octanol–water partition coefficient (Wildman–Crippen LogP) is 2.60. The van der Waals surface area contributed by atoms with Crippen molar-refractivity contribution in [3.8, 4) is 6.07 Å². The van der Waals surface area contributed by atoms with Crippen molar-refractivity contribution in [2.24, 2.45) is 0 Å². The van der Waals surface area contributed by atoms with Crippen molar-refractivity contribution in [1.82, 2.24) is 0 Å². The Hall–Kier alpha value is -3.40. The molecule has 7 nitrogen and oxygen atoms in total. The Morgan fingerprint density at radius 1 is 1.33 bits per heavy atom. The molecule has 1 atom stereocenters. The molecule has 1 N–H and O–H groups in total. The number of carbonyl (C=O) groups is 1. The summed E-state index contributed by atoms with van der Waals surface area (Å²) in [7, 11) is 0. The quantitative estimate of drug-likeness (QED) is 0.530. The first-order valence-electron chi connectivity index (χ1n) is 7.33. The number of anilines is 2. The fourth-order valence-corrected chi connectivity index (χ4v) is 2.67. The lowest BCUT2D eigenvalue weighted by molar-refractivity contribution is -0.385. The molecule has 1 heterocycles. The van der Waals surface area contributed by atoms with Gasteiger partial charge in [0, 0.05) is 23.0 Å². The molecule has 2 aromatic rings. The Morgan fingerprint density at radius 3 is 2.62 bits per heavy atom. The maximum absolute atomic E-state index is 12.3. The van der Waals surface area contributed by atoms with Crippen LogP contribution in [0.15, 0.2) is 42.5 Å². The molecule has 0 aliphatic carbocycles. The number of nitro groups is 1. The zero-order valence-electron chi connectivity index (χ0n) is 12.9. The van der Waals surface area contributed by atoms with Crippen molar-refractivity contribution >= 4 is 23.0 Å². The summed E-state index contributed by atoms with van der Waals surface area (Å²) in [4.78, 5) is 24.5. The zero-order chi connectivity index (χ0) is 17.3. The first-order valence-corrected chi connectivity index (χ1v) is 7.33. The normalized spacial score (nSPS) is 16.2. The zero-order valence-corrected chi connectivity index (χ0v) is 12.9. The van der Waals surface area contributed by atoms with Gasteiger partial charge in [0.05, 0.1) is 23.1 Å². The largest absolute Gasteiger partial charge is 0.372 e. The maximum atomic E-state index is 12.3. The first-order chi connectivity index (χ1) is 11.5. The second kappa shape index (κ2) is 6.01. The molecular weight excluding hydrogens is 308 g/mol. The van der Waals surface area contributed by atoms with Gasteiger partial charge in [-0.25, -0.2) is 0 Å². The van der Waals surface area contributed by atoms with E-state index in [0.717, 1.165) is 5.69 Å². The molecule has 24 heavy (non-hydrogen) atoms. The van der Waals surface area contributed by atoms with Crippen molar-refractivity contribution in [1.29, 1.82) is 5.26 Å². The van der Waals surface area contributed by atoms with Gasteiger partial charge in [0.25, 0.3) is 11.6 Å². The molecule has 1 saturated heterocycles. The van der Waals surface area contributed by atoms with Crippen LogP contribution in [0.5, 0.6) is 0 Å². The summed E-state index contributed by atoms with van der Waals surface area (Å²) in [5.74, 6) is -0.106. The van der Waals surface area contributed by atoms with Crippen LogP contribution in [0.2, 0.25) is 0 Å². The van der Waals surface area contributed by atoms with E-state index in [1.54, 1.807) is 11.8 Å². The van der Waals surface area contributed by atoms with Crippen molar-refractivity contribution < 1.29 is 9.72 Å². The van der Waals surface area contributed by atoms with Crippen LogP contribution >= 0.6 is 0 Å². The Kier molecular flexibility index (Phi) is 3.88. The second-order valence-electron chi connectivity index (χ2n) is 5.52. The fraction of sp³-hybridized carbons (Fsp3) is 0.176. The number of nitriles is 1. The summed E-state index contributed by atoms with van der Waals surface area (Å²) >= 11 is 0. The van der Waals surface area contributed by atoms with E-state index in [1.165, 1.54) is 12.1 Å². The third kappa shape index (κ3) is 2.65. The second-order valence-corrected chi connectivity index (χ2v) is 5.52. The summed E-state index contributed by atoms with van der Waals surface area (Å²) in [5.41, 5.74) is 1.70. The third-order valence-electron chi connectivity index (χ3n) is 4.03. The van der Waals surface area contributed by atoms with Crippen molar-refractivity contribution in [2.45, 2.75) is 13.0 Å². The van der Waals surface area contributed by atoms with Crippen molar-refractivity contribution in [3.63, 3.8) is 0 Å². The van der Waals surface area contributed by atoms with E-state index in [9.17, 15) is 14.9 Å². The van der Waals surface area contributed by atoms with Crippen LogP contribution in [-0.4, -0.2) is 23.4 Å². The number of amides is 1. The minimum atomic E-state index is -0.528. The van der Waals surface area contributed by atoms with Crippen molar-refractivity contribution in [2.75, 3.05) is 16.8 Å². The summed E-state index contributed by atoms with van der Waals surface area (Å²) in [6.07, 6.45) is 0. The number of nitro benzene ring substituents is 1. The standard InChI is InChI=1S/C17H14N4O3/c1-11-14(7-12(9-18)8-16(11)21(23)24)19-15-10-20(17(15)22)13-5-3-2-4-6-13/h2-8,15,19H,10H2,1H3/t15-/m0/s1. The fourth-order valence-electron chi connectivity index (χ4n) is 2.67. The topological polar surface area (TPSA) is 99.3 Å². The molecule has 1 amide bonds. The predicted molar refractivity (Wildman–Crippen MR) is 88.8 cm³/mol. The Balaban J connectivity index is 1.81. The number of nitrogens with one attached hydrogen (secondary N) is 1. The van der Waals surface area contributed by atoms with Gasteiger partial charge in [-0.15, -0.1) is 0 Å². The first kappa shape index (κ1) is 15.5. The highest BCUT2D eigenvalue weighted by Crippen LogP contribution is 2.30. The highest BCUT2D eigenvalue weighted by atomic mass is 16.6. The number of carbonyl (C=O) groups excluding carboxylic acids is 1. The lowest BCUT2D eigenvalue weighted by Gasteiger charge is -2.39. The molecule has 0 bridgehead atoms. The smallest absolute Gasteiger partial charge is 0.275 e. The Labute approximate surface area is 138 Å². The highest BCUT2D eigenvalue weighted by molar-refractivity contribution is 6.05. The SMILES string of the molecule is Cc1c(N[C@H]2CN(c3ccccc3)C2=O)cc(C#N)cc1[N+](=O)[O-]. The Morgan fingerprint density at radius 2 is 2.04 bits per heavy atom. The number of rotatable bonds is 4. The van der Waals surface area contributed by atoms with Crippen LogP contribution in [0.1, 0.15) is 11.1 Å². The van der Waals surface area contributed by atoms with Gasteiger partial charge in [-0.05, 0) is 25.1 Å². The van der Waals surface area contributed by atoms with E-state index in [4.69, 9.17) is 5.26 Å². The molecule has 7 heteroatoms. The van der Waals surface area contributed by atoms with Gasteiger partial charge >= 0.3 is 0 Å². The molecular formula is C17H14N4O3. The van der Waals surface area contributed by atoms with Gasteiger partial charge in [0.15, 0.2) is 0 Å². The molecule has 0 saturated carbocycles. The average Bonchev–Trinajstić information content (AvgIpc) is 2.59. The number of nitrogens with zero attached hydrogens (tertiary/aromatic N) is 3. The molecule has 120 valence electrons. The average molecular weight is 322 g/mol. The summed E-state index contributed by atoms with van der Waals surface area (Å²) < 4.78 is 0. The third-order valence-corrected chi connectivity index (χ3v) is 4.03. The van der Waals surface area contributed by atoms with Crippen LogP contribution in [0, 0.1) is 28.4 Å². The van der Waals surface area contributed by atoms with E-state index in [0.29, 0.717) is 17.8 Å². The van der Waals surface area contributed by atoms with Gasteiger partial charge in [-0.3, -0.25) is 14.9 Å². The summed E-state index contributed by atoms with van der Waals surface area (Å²) in [6.45, 7) is 2.06. The van der Waals surface area contributed by atoms with Crippen LogP contribution in [0.3, 0.4) is 0 Å². The molecule has 2 aromatic carbocycles. The van der Waals surface area contributed by atoms with Crippen LogP contribution in [-0.2, 0) is 4.79 Å². The molecule has 1 aliphatic heterocycles. The molecule has 1 aliphatic rings. The Bertz CT molecular complexity index is 858. The summed E-state index contributed by atoms with van der Waals surface area (Å²) in [5, 5.41) is 23.2. The van der Waals surface area contributed by atoms with E-state index < -0.39 is 11.0 Å². The number of benzene rings is 2. The van der Waals surface area contributed by atoms with Crippen LogP contribution < -0.4 is 10.2 Å². The number of hydrogen-bond donors (Lipinski definition) is 1. The van der Waals surface area contributed by atoms with E-state index >= 15 is 0 Å². The number of para-hydroxylation sites is 1. The van der Waals surface area contributed by atoms with E-state index in [-0.39, 0.29) is 17.2 Å². The van der Waals surface area contributed by atoms with Gasteiger partial charge in [0.1, 0.15) is 6.04 Å². The van der Waals surface area contributed by atoms with Crippen LogP contribution in [0.25, 0.3) is 0 Å². The lowest BCUT2D eigenvalue weighted by Crippen LogP contribution is -2.60. The van der Waals surface area contributed by atoms with Crippen molar-refractivity contribution in [3.05, 3.63) is 63.7 Å². The van der Waals surface area contributed by atoms with Crippen LogP contribution in [0.4, 0.5) is 17.1 Å². The molecule has 0 radical (unpaired) electrons. The molecule has 3 rings (SSSR count). The molecule has 0 unspecified atom stereocenters. The highest BCUT2D eigenvalue weighted by Gasteiger charge is 2.38. The number of β-lactam (4-membered cyclic amide) rings is 1. The lowest BCUT2D eigenvalue weighted by atomic mass is 10.0. The monoisotopic (exact) mass is 322 g/mol.